The topological polar surface area (TPSA) is 30.2 Å². The normalized spacial score (nSPS) is 10.5. The van der Waals surface area contributed by atoms with Crippen LogP contribution >= 0.6 is 0 Å². The van der Waals surface area contributed by atoms with E-state index in [2.05, 4.69) is 13.8 Å². The van der Waals surface area contributed by atoms with Crippen molar-refractivity contribution in [1.29, 1.82) is 0 Å². The second-order valence-electron chi connectivity index (χ2n) is 3.06. The lowest BCUT2D eigenvalue weighted by Gasteiger charge is -1.97. The zero-order chi connectivity index (χ0) is 8.27. The summed E-state index contributed by atoms with van der Waals surface area (Å²) in [7, 11) is 0. The Bertz CT molecular complexity index is 235. The fraction of sp³-hybridized carbons (Fsp3) is 0.444. The third-order valence-electron chi connectivity index (χ3n) is 1.42. The second kappa shape index (κ2) is 3.37. The maximum atomic E-state index is 10.2. The first-order valence-corrected chi connectivity index (χ1v) is 3.75. The van der Waals surface area contributed by atoms with Crippen molar-refractivity contribution in [2.75, 3.05) is 0 Å². The molecule has 0 spiro atoms. The quantitative estimate of drug-likeness (QED) is 0.622. The van der Waals surface area contributed by atoms with Gasteiger partial charge in [0.2, 0.25) is 0 Å². The summed E-state index contributed by atoms with van der Waals surface area (Å²) in [4.78, 5) is 10.2. The van der Waals surface area contributed by atoms with Gasteiger partial charge in [0.1, 0.15) is 12.0 Å². The first kappa shape index (κ1) is 8.05. The van der Waals surface area contributed by atoms with E-state index in [1.165, 1.54) is 6.26 Å². The molecule has 2 nitrogen and oxygen atoms in total. The van der Waals surface area contributed by atoms with E-state index < -0.39 is 0 Å². The average molecular weight is 152 g/mol. The van der Waals surface area contributed by atoms with Crippen molar-refractivity contribution in [2.24, 2.45) is 5.92 Å². The smallest absolute Gasteiger partial charge is 0.153 e. The van der Waals surface area contributed by atoms with Crippen LogP contribution in [0.4, 0.5) is 0 Å². The minimum atomic E-state index is 0.570. The maximum Gasteiger partial charge on any atom is 0.153 e. The molecule has 0 aromatic carbocycles. The Balaban J connectivity index is 2.65. The number of hydrogen-bond donors (Lipinski definition) is 0. The van der Waals surface area contributed by atoms with Crippen LogP contribution < -0.4 is 0 Å². The predicted molar refractivity (Wildman–Crippen MR) is 42.6 cm³/mol. The molecule has 0 bridgehead atoms. The van der Waals surface area contributed by atoms with Crippen LogP contribution in [0.1, 0.15) is 30.0 Å². The molecule has 0 saturated carbocycles. The highest BCUT2D eigenvalue weighted by molar-refractivity contribution is 5.74. The van der Waals surface area contributed by atoms with E-state index in [9.17, 15) is 4.79 Å². The minimum Gasteiger partial charge on any atom is -0.469 e. The molecule has 0 radical (unpaired) electrons. The fourth-order valence-corrected chi connectivity index (χ4v) is 0.969. The van der Waals surface area contributed by atoms with Gasteiger partial charge in [0.05, 0.1) is 5.56 Å². The zero-order valence-electron chi connectivity index (χ0n) is 6.83. The summed E-state index contributed by atoms with van der Waals surface area (Å²) in [5.74, 6) is 1.46. The standard InChI is InChI=1S/C9H12O2/c1-7(2)3-9-4-8(5-10)6-11-9/h4-7H,3H2,1-2H3. The van der Waals surface area contributed by atoms with Crippen LogP contribution in [-0.4, -0.2) is 6.29 Å². The monoisotopic (exact) mass is 152 g/mol. The number of furan rings is 1. The summed E-state index contributed by atoms with van der Waals surface area (Å²) < 4.78 is 5.14. The average Bonchev–Trinajstić information content (AvgIpc) is 2.34. The molecule has 1 rings (SSSR count). The van der Waals surface area contributed by atoms with Gasteiger partial charge in [-0.3, -0.25) is 4.79 Å². The minimum absolute atomic E-state index is 0.570. The van der Waals surface area contributed by atoms with Crippen molar-refractivity contribution in [2.45, 2.75) is 20.3 Å². The predicted octanol–water partition coefficient (Wildman–Crippen LogP) is 2.29. The Morgan fingerprint density at radius 2 is 2.36 bits per heavy atom. The van der Waals surface area contributed by atoms with E-state index in [0.29, 0.717) is 11.5 Å². The molecule has 0 N–H and O–H groups in total. The molecule has 0 saturated heterocycles. The molecule has 2 heteroatoms. The molecule has 1 heterocycles. The molecular weight excluding hydrogens is 140 g/mol. The lowest BCUT2D eigenvalue weighted by Crippen LogP contribution is -1.90. The van der Waals surface area contributed by atoms with Crippen molar-refractivity contribution >= 4 is 6.29 Å². The van der Waals surface area contributed by atoms with Gasteiger partial charge in [-0.2, -0.15) is 0 Å². The Morgan fingerprint density at radius 1 is 1.64 bits per heavy atom. The summed E-state index contributed by atoms with van der Waals surface area (Å²) in [6, 6.07) is 1.78. The Kier molecular flexibility index (Phi) is 2.47. The zero-order valence-corrected chi connectivity index (χ0v) is 6.83. The lowest BCUT2D eigenvalue weighted by molar-refractivity contribution is 0.112. The molecule has 60 valence electrons. The summed E-state index contributed by atoms with van der Waals surface area (Å²) in [6.45, 7) is 4.23. The van der Waals surface area contributed by atoms with E-state index >= 15 is 0 Å². The first-order chi connectivity index (χ1) is 5.22. The van der Waals surface area contributed by atoms with Gasteiger partial charge in [0, 0.05) is 6.42 Å². The van der Waals surface area contributed by atoms with Crippen LogP contribution in [0.15, 0.2) is 16.7 Å². The first-order valence-electron chi connectivity index (χ1n) is 3.75. The molecule has 0 atom stereocenters. The molecule has 0 aliphatic heterocycles. The SMILES string of the molecule is CC(C)Cc1cc(C=O)co1. The van der Waals surface area contributed by atoms with Crippen LogP contribution in [0, 0.1) is 5.92 Å². The van der Waals surface area contributed by atoms with Crippen molar-refractivity contribution in [3.63, 3.8) is 0 Å². The molecule has 0 amide bonds. The van der Waals surface area contributed by atoms with Crippen molar-refractivity contribution < 1.29 is 9.21 Å². The Hall–Kier alpha value is -1.05. The number of carbonyl (C=O) groups is 1. The number of carbonyl (C=O) groups excluding carboxylic acids is 1. The third-order valence-corrected chi connectivity index (χ3v) is 1.42. The number of rotatable bonds is 3. The highest BCUT2D eigenvalue weighted by atomic mass is 16.3. The lowest BCUT2D eigenvalue weighted by atomic mass is 10.1. The second-order valence-corrected chi connectivity index (χ2v) is 3.06. The summed E-state index contributed by atoms with van der Waals surface area (Å²) in [6.07, 6.45) is 3.19. The molecule has 0 aliphatic rings. The van der Waals surface area contributed by atoms with E-state index in [1.54, 1.807) is 6.07 Å². The van der Waals surface area contributed by atoms with Gasteiger partial charge in [0.15, 0.2) is 6.29 Å². The molecule has 0 unspecified atom stereocenters. The summed E-state index contributed by atoms with van der Waals surface area (Å²) in [5, 5.41) is 0. The summed E-state index contributed by atoms with van der Waals surface area (Å²) in [5.41, 5.74) is 0.626. The number of aldehydes is 1. The van der Waals surface area contributed by atoms with Gasteiger partial charge in [-0.25, -0.2) is 0 Å². The van der Waals surface area contributed by atoms with Crippen LogP contribution in [0.25, 0.3) is 0 Å². The van der Waals surface area contributed by atoms with Crippen LogP contribution in [0.3, 0.4) is 0 Å². The maximum absolute atomic E-state index is 10.2. The highest BCUT2D eigenvalue weighted by Gasteiger charge is 2.02. The summed E-state index contributed by atoms with van der Waals surface area (Å²) >= 11 is 0. The van der Waals surface area contributed by atoms with Gasteiger partial charge in [-0.1, -0.05) is 13.8 Å². The van der Waals surface area contributed by atoms with Gasteiger partial charge in [-0.05, 0) is 12.0 Å². The van der Waals surface area contributed by atoms with E-state index in [-0.39, 0.29) is 0 Å². The van der Waals surface area contributed by atoms with Crippen molar-refractivity contribution in [1.82, 2.24) is 0 Å². The molecule has 11 heavy (non-hydrogen) atoms. The van der Waals surface area contributed by atoms with Crippen LogP contribution in [0.2, 0.25) is 0 Å². The van der Waals surface area contributed by atoms with Crippen molar-refractivity contribution in [3.8, 4) is 0 Å². The van der Waals surface area contributed by atoms with Gasteiger partial charge >= 0.3 is 0 Å². The Labute approximate surface area is 66.2 Å². The van der Waals surface area contributed by atoms with E-state index in [1.807, 2.05) is 0 Å². The van der Waals surface area contributed by atoms with Gasteiger partial charge in [-0.15, -0.1) is 0 Å². The van der Waals surface area contributed by atoms with Gasteiger partial charge < -0.3 is 4.42 Å². The molecular formula is C9H12O2. The molecule has 0 aliphatic carbocycles. The number of hydrogen-bond acceptors (Lipinski definition) is 2. The van der Waals surface area contributed by atoms with E-state index in [4.69, 9.17) is 4.42 Å². The van der Waals surface area contributed by atoms with Crippen LogP contribution in [-0.2, 0) is 6.42 Å². The van der Waals surface area contributed by atoms with Gasteiger partial charge in [0.25, 0.3) is 0 Å². The van der Waals surface area contributed by atoms with Crippen LogP contribution in [0.5, 0.6) is 0 Å². The highest BCUT2D eigenvalue weighted by Crippen LogP contribution is 2.10. The Morgan fingerprint density at radius 3 is 2.82 bits per heavy atom. The van der Waals surface area contributed by atoms with E-state index in [0.717, 1.165) is 18.5 Å². The fourth-order valence-electron chi connectivity index (χ4n) is 0.969. The molecule has 0 fully saturated rings. The molecule has 1 aromatic heterocycles. The van der Waals surface area contributed by atoms with Crippen molar-refractivity contribution in [3.05, 3.63) is 23.7 Å². The third kappa shape index (κ3) is 2.22. The molecule has 1 aromatic rings. The largest absolute Gasteiger partial charge is 0.469 e.